The lowest BCUT2D eigenvalue weighted by molar-refractivity contribution is -0.131. The van der Waals surface area contributed by atoms with Crippen molar-refractivity contribution in [1.29, 1.82) is 0 Å². The zero-order chi connectivity index (χ0) is 14.0. The third kappa shape index (κ3) is 2.59. The zero-order valence-corrected chi connectivity index (χ0v) is 12.0. The van der Waals surface area contributed by atoms with Gasteiger partial charge < -0.3 is 11.1 Å². The van der Waals surface area contributed by atoms with Crippen molar-refractivity contribution in [3.8, 4) is 0 Å². The molecule has 0 spiro atoms. The van der Waals surface area contributed by atoms with Gasteiger partial charge in [-0.2, -0.15) is 0 Å². The van der Waals surface area contributed by atoms with Gasteiger partial charge in [0.1, 0.15) is 0 Å². The lowest BCUT2D eigenvalue weighted by atomic mass is 9.84. The highest BCUT2D eigenvalue weighted by Gasteiger charge is 2.42. The Kier molecular flexibility index (Phi) is 3.79. The molecule has 2 aliphatic carbocycles. The van der Waals surface area contributed by atoms with Crippen molar-refractivity contribution in [2.75, 3.05) is 6.54 Å². The van der Waals surface area contributed by atoms with E-state index < -0.39 is 0 Å². The first-order chi connectivity index (χ1) is 9.75. The van der Waals surface area contributed by atoms with E-state index in [2.05, 4.69) is 17.4 Å². The monoisotopic (exact) mass is 272 g/mol. The molecule has 1 aromatic carbocycles. The van der Waals surface area contributed by atoms with Crippen LogP contribution in [-0.4, -0.2) is 12.5 Å². The molecule has 0 bridgehead atoms. The average molecular weight is 272 g/mol. The van der Waals surface area contributed by atoms with Crippen LogP contribution in [-0.2, 0) is 4.79 Å². The van der Waals surface area contributed by atoms with Gasteiger partial charge in [0.15, 0.2) is 0 Å². The first kappa shape index (κ1) is 13.6. The third-order valence-electron chi connectivity index (χ3n) is 4.97. The van der Waals surface area contributed by atoms with Crippen LogP contribution in [0.4, 0.5) is 0 Å². The maximum Gasteiger partial charge on any atom is 0.227 e. The average Bonchev–Trinajstić information content (AvgIpc) is 3.21. The van der Waals surface area contributed by atoms with Crippen molar-refractivity contribution in [3.05, 3.63) is 35.9 Å². The molecule has 2 aliphatic rings. The second kappa shape index (κ2) is 5.57. The molecular weight excluding hydrogens is 248 g/mol. The maximum atomic E-state index is 12.7. The van der Waals surface area contributed by atoms with E-state index in [1.54, 1.807) is 0 Å². The van der Waals surface area contributed by atoms with Gasteiger partial charge in [-0.05, 0) is 37.2 Å². The number of nitrogens with two attached hydrogens (primary N) is 1. The molecule has 3 rings (SSSR count). The molecule has 1 amide bonds. The summed E-state index contributed by atoms with van der Waals surface area (Å²) in [5, 5.41) is 3.31. The van der Waals surface area contributed by atoms with Crippen molar-refractivity contribution in [1.82, 2.24) is 5.32 Å². The second-order valence-electron chi connectivity index (χ2n) is 6.39. The van der Waals surface area contributed by atoms with Crippen molar-refractivity contribution < 1.29 is 4.79 Å². The fraction of sp³-hybridized carbons (Fsp3) is 0.588. The fourth-order valence-corrected chi connectivity index (χ4v) is 3.43. The van der Waals surface area contributed by atoms with Crippen LogP contribution in [0.5, 0.6) is 0 Å². The molecule has 1 atom stereocenters. The third-order valence-corrected chi connectivity index (χ3v) is 4.97. The zero-order valence-electron chi connectivity index (χ0n) is 12.0. The Morgan fingerprint density at radius 2 is 1.90 bits per heavy atom. The smallest absolute Gasteiger partial charge is 0.227 e. The van der Waals surface area contributed by atoms with Gasteiger partial charge in [0.25, 0.3) is 0 Å². The molecule has 20 heavy (non-hydrogen) atoms. The molecule has 2 fully saturated rings. The molecule has 3 N–H and O–H groups in total. The minimum absolute atomic E-state index is 0.174. The summed E-state index contributed by atoms with van der Waals surface area (Å²) in [4.78, 5) is 12.7. The highest BCUT2D eigenvalue weighted by Crippen LogP contribution is 2.43. The Bertz CT molecular complexity index is 461. The van der Waals surface area contributed by atoms with E-state index in [9.17, 15) is 4.79 Å². The number of amides is 1. The highest BCUT2D eigenvalue weighted by atomic mass is 16.2. The van der Waals surface area contributed by atoms with Crippen LogP contribution in [0.1, 0.15) is 50.1 Å². The summed E-state index contributed by atoms with van der Waals surface area (Å²) in [5.74, 6) is 0.788. The highest BCUT2D eigenvalue weighted by molar-refractivity contribution is 5.83. The normalized spacial score (nSPS) is 22.4. The molecule has 2 saturated carbocycles. The van der Waals surface area contributed by atoms with Crippen molar-refractivity contribution in [2.24, 2.45) is 17.1 Å². The van der Waals surface area contributed by atoms with Gasteiger partial charge in [0.05, 0.1) is 11.5 Å². The van der Waals surface area contributed by atoms with Crippen LogP contribution < -0.4 is 11.1 Å². The SMILES string of the molecule is NCC1(C(=O)NC(c2ccccc2)C2CC2)CCCC1. The van der Waals surface area contributed by atoms with Gasteiger partial charge in [0, 0.05) is 6.54 Å². The topological polar surface area (TPSA) is 55.1 Å². The molecule has 0 saturated heterocycles. The van der Waals surface area contributed by atoms with Gasteiger partial charge in [-0.15, -0.1) is 0 Å². The van der Waals surface area contributed by atoms with Gasteiger partial charge in [-0.25, -0.2) is 0 Å². The van der Waals surface area contributed by atoms with Crippen LogP contribution in [0.2, 0.25) is 0 Å². The summed E-state index contributed by atoms with van der Waals surface area (Å²) in [6.07, 6.45) is 6.59. The molecule has 0 aromatic heterocycles. The largest absolute Gasteiger partial charge is 0.348 e. The lowest BCUT2D eigenvalue weighted by Crippen LogP contribution is -2.45. The molecule has 108 valence electrons. The van der Waals surface area contributed by atoms with E-state index >= 15 is 0 Å². The van der Waals surface area contributed by atoms with Gasteiger partial charge in [0.2, 0.25) is 5.91 Å². The van der Waals surface area contributed by atoms with Crippen LogP contribution in [0.15, 0.2) is 30.3 Å². The van der Waals surface area contributed by atoms with Crippen LogP contribution >= 0.6 is 0 Å². The Morgan fingerprint density at radius 3 is 2.45 bits per heavy atom. The van der Waals surface area contributed by atoms with E-state index in [1.165, 1.54) is 18.4 Å². The number of hydrogen-bond donors (Lipinski definition) is 2. The molecule has 0 radical (unpaired) electrons. The fourth-order valence-electron chi connectivity index (χ4n) is 3.43. The van der Waals surface area contributed by atoms with E-state index in [4.69, 9.17) is 5.73 Å². The molecule has 3 heteroatoms. The number of carbonyl (C=O) groups is 1. The van der Waals surface area contributed by atoms with E-state index in [0.29, 0.717) is 12.5 Å². The predicted octanol–water partition coefficient (Wildman–Crippen LogP) is 2.77. The number of nitrogens with one attached hydrogen (secondary N) is 1. The number of carbonyl (C=O) groups excluding carboxylic acids is 1. The Hall–Kier alpha value is -1.35. The van der Waals surface area contributed by atoms with E-state index in [0.717, 1.165) is 25.7 Å². The van der Waals surface area contributed by atoms with Gasteiger partial charge in [-0.1, -0.05) is 43.2 Å². The Balaban J connectivity index is 1.75. The van der Waals surface area contributed by atoms with Gasteiger partial charge in [-0.3, -0.25) is 4.79 Å². The molecule has 3 nitrogen and oxygen atoms in total. The van der Waals surface area contributed by atoms with Crippen LogP contribution in [0.3, 0.4) is 0 Å². The van der Waals surface area contributed by atoms with E-state index in [-0.39, 0.29) is 17.4 Å². The van der Waals surface area contributed by atoms with E-state index in [1.807, 2.05) is 18.2 Å². The van der Waals surface area contributed by atoms with Gasteiger partial charge >= 0.3 is 0 Å². The molecular formula is C17H24N2O. The summed E-state index contributed by atoms with van der Waals surface area (Å²) in [7, 11) is 0. The number of benzene rings is 1. The Morgan fingerprint density at radius 1 is 1.25 bits per heavy atom. The lowest BCUT2D eigenvalue weighted by Gasteiger charge is -2.29. The molecule has 0 heterocycles. The second-order valence-corrected chi connectivity index (χ2v) is 6.39. The standard InChI is InChI=1S/C17H24N2O/c18-12-17(10-4-5-11-17)16(20)19-15(14-8-9-14)13-6-2-1-3-7-13/h1-3,6-7,14-15H,4-5,8-12,18H2,(H,19,20). The minimum Gasteiger partial charge on any atom is -0.348 e. The summed E-state index contributed by atoms with van der Waals surface area (Å²) in [6.45, 7) is 0.477. The van der Waals surface area contributed by atoms with Crippen molar-refractivity contribution in [2.45, 2.75) is 44.6 Å². The van der Waals surface area contributed by atoms with Crippen LogP contribution in [0, 0.1) is 11.3 Å². The summed E-state index contributed by atoms with van der Waals surface area (Å²) in [5.41, 5.74) is 6.84. The summed E-state index contributed by atoms with van der Waals surface area (Å²) < 4.78 is 0. The maximum absolute atomic E-state index is 12.7. The quantitative estimate of drug-likeness (QED) is 0.866. The first-order valence-electron chi connectivity index (χ1n) is 7.81. The van der Waals surface area contributed by atoms with Crippen LogP contribution in [0.25, 0.3) is 0 Å². The molecule has 1 aromatic rings. The minimum atomic E-state index is -0.304. The van der Waals surface area contributed by atoms with Crippen molar-refractivity contribution >= 4 is 5.91 Å². The predicted molar refractivity (Wildman–Crippen MR) is 80.0 cm³/mol. The summed E-state index contributed by atoms with van der Waals surface area (Å²) >= 11 is 0. The Labute approximate surface area is 120 Å². The number of hydrogen-bond acceptors (Lipinski definition) is 2. The molecule has 1 unspecified atom stereocenters. The summed E-state index contributed by atoms with van der Waals surface area (Å²) in [6, 6.07) is 10.5. The van der Waals surface area contributed by atoms with Crippen molar-refractivity contribution in [3.63, 3.8) is 0 Å². The number of rotatable bonds is 5. The molecule has 0 aliphatic heterocycles. The first-order valence-corrected chi connectivity index (χ1v) is 7.81.